The molecule has 6 atom stereocenters. The van der Waals surface area contributed by atoms with Gasteiger partial charge in [-0.2, -0.15) is 0 Å². The van der Waals surface area contributed by atoms with Gasteiger partial charge in [0.25, 0.3) is 0 Å². The van der Waals surface area contributed by atoms with Crippen LogP contribution < -0.4 is 14.8 Å². The predicted molar refractivity (Wildman–Crippen MR) is 235 cm³/mol. The maximum atomic E-state index is 15.8. The Morgan fingerprint density at radius 3 is 2.65 bits per heavy atom. The van der Waals surface area contributed by atoms with Crippen LogP contribution in [-0.4, -0.2) is 72.3 Å². The standard InChI is InChI=1S/C50H53N3O9/c1-61-45-25-31(24-44(59)48(45)60)29-6-11-37-35-12-10-34(54)22-30(35)7-13-39(37)53-46-26-32(17-20-52-46)50(18-16-40(55)38(50)27-33-4-2-19-51-33)47(43(58)23-29)41(56)14-8-28-9-15-42(57)49-36(28)5-3-21-62-49/h2,4,7,9-10,12-13,15,17,19-20,22,24-26,29,38,40-41,47,51,54-57,59-60H,3,5-6,8,11,14,16,18,21,23,27H2,1H3,(H,52,53)/t29-,38+,40+,41+,47-,50-/m0/s1. The molecule has 1 aliphatic carbocycles. The summed E-state index contributed by atoms with van der Waals surface area (Å²) in [7, 11) is 1.41. The van der Waals surface area contributed by atoms with Gasteiger partial charge in [-0.15, -0.1) is 0 Å². The molecule has 62 heavy (non-hydrogen) atoms. The summed E-state index contributed by atoms with van der Waals surface area (Å²) in [5, 5.41) is 73.0. The van der Waals surface area contributed by atoms with E-state index in [2.05, 4.69) is 10.3 Å². The SMILES string of the molecule is COc1cc([C@H]2CCc3c(ccc4cc(O)ccc34)Nc3cc(ccn3)[C@]3(CC[C@@H](O)[C@H]3Cc3ccc[nH]3)[C@@H]([C@H](O)CCc3ccc(O)c4c3CCCO4)C(=O)C2)cc(O)c1O. The van der Waals surface area contributed by atoms with Crippen LogP contribution in [0.1, 0.15) is 78.0 Å². The molecule has 9 rings (SSSR count). The third-order valence-electron chi connectivity index (χ3n) is 13.9. The second kappa shape index (κ2) is 16.9. The number of aromatic amines is 1. The predicted octanol–water partition coefficient (Wildman–Crippen LogP) is 8.01. The molecule has 0 unspecified atom stereocenters. The van der Waals surface area contributed by atoms with E-state index in [1.54, 1.807) is 30.5 Å². The number of anilines is 2. The van der Waals surface area contributed by atoms with E-state index in [9.17, 15) is 30.6 Å². The number of ketones is 1. The van der Waals surface area contributed by atoms with Gasteiger partial charge in [-0.1, -0.05) is 18.2 Å². The molecule has 4 aromatic carbocycles. The topological polar surface area (TPSA) is 198 Å². The number of methoxy groups -OCH3 is 1. The highest BCUT2D eigenvalue weighted by Gasteiger charge is 2.57. The summed E-state index contributed by atoms with van der Waals surface area (Å²) in [6, 6.07) is 23.5. The highest BCUT2D eigenvalue weighted by Crippen LogP contribution is 2.55. The number of nitrogens with one attached hydrogen (secondary N) is 2. The number of aliphatic hydroxyl groups is 2. The lowest BCUT2D eigenvalue weighted by Crippen LogP contribution is -2.51. The molecule has 6 aromatic rings. The maximum absolute atomic E-state index is 15.8. The molecule has 2 aliphatic heterocycles. The quantitative estimate of drug-likeness (QED) is 0.0691. The summed E-state index contributed by atoms with van der Waals surface area (Å²) >= 11 is 0. The van der Waals surface area contributed by atoms with E-state index >= 15 is 4.79 Å². The van der Waals surface area contributed by atoms with Crippen molar-refractivity contribution >= 4 is 28.1 Å². The zero-order valence-corrected chi connectivity index (χ0v) is 34.7. The Balaban J connectivity index is 1.22. The van der Waals surface area contributed by atoms with Crippen LogP contribution in [0.4, 0.5) is 11.5 Å². The molecule has 1 saturated carbocycles. The van der Waals surface area contributed by atoms with E-state index in [0.717, 1.165) is 57.2 Å². The Hall–Kier alpha value is -6.24. The summed E-state index contributed by atoms with van der Waals surface area (Å²) in [5.41, 5.74) is 4.79. The van der Waals surface area contributed by atoms with Crippen molar-refractivity contribution in [3.05, 3.63) is 125 Å². The first-order valence-electron chi connectivity index (χ1n) is 21.6. The van der Waals surface area contributed by atoms with Crippen molar-refractivity contribution < 1.29 is 44.9 Å². The van der Waals surface area contributed by atoms with Gasteiger partial charge in [-0.05, 0) is 157 Å². The average molecular weight is 840 g/mol. The normalized spacial score (nSPS) is 23.0. The van der Waals surface area contributed by atoms with Gasteiger partial charge in [0.1, 0.15) is 17.4 Å². The summed E-state index contributed by atoms with van der Waals surface area (Å²) in [4.78, 5) is 23.9. The number of aromatic hydroxyl groups is 4. The summed E-state index contributed by atoms with van der Waals surface area (Å²) in [5.74, 6) is -1.67. The van der Waals surface area contributed by atoms with Crippen molar-refractivity contribution in [2.45, 2.75) is 87.7 Å². The van der Waals surface area contributed by atoms with Crippen LogP contribution in [0.5, 0.6) is 34.5 Å². The number of phenolic OH excluding ortho intramolecular Hbond substituents is 4. The van der Waals surface area contributed by atoms with Crippen molar-refractivity contribution in [1.82, 2.24) is 9.97 Å². The minimum atomic E-state index is -1.17. The number of rotatable bonds is 8. The number of aryl methyl sites for hydroxylation is 2. The summed E-state index contributed by atoms with van der Waals surface area (Å²) < 4.78 is 11.4. The molecule has 1 spiro atoms. The Morgan fingerprint density at radius 1 is 0.952 bits per heavy atom. The second-order valence-corrected chi connectivity index (χ2v) is 17.3. The van der Waals surface area contributed by atoms with Crippen molar-refractivity contribution in [2.75, 3.05) is 19.0 Å². The number of carbonyl (C=O) groups is 1. The van der Waals surface area contributed by atoms with E-state index in [4.69, 9.17) is 14.5 Å². The smallest absolute Gasteiger partial charge is 0.200 e. The minimum absolute atomic E-state index is 0.0309. The Kier molecular flexibility index (Phi) is 11.2. The van der Waals surface area contributed by atoms with Crippen molar-refractivity contribution in [1.29, 1.82) is 0 Å². The van der Waals surface area contributed by atoms with Gasteiger partial charge in [0.2, 0.25) is 5.75 Å². The zero-order chi connectivity index (χ0) is 43.1. The first-order chi connectivity index (χ1) is 30.0. The Labute approximate surface area is 359 Å². The highest BCUT2D eigenvalue weighted by molar-refractivity contribution is 5.92. The van der Waals surface area contributed by atoms with Gasteiger partial charge in [0.15, 0.2) is 23.0 Å². The van der Waals surface area contributed by atoms with Crippen LogP contribution in [0, 0.1) is 11.8 Å². The van der Waals surface area contributed by atoms with E-state index in [0.29, 0.717) is 62.3 Å². The Morgan fingerprint density at radius 2 is 1.82 bits per heavy atom. The monoisotopic (exact) mass is 839 g/mol. The summed E-state index contributed by atoms with van der Waals surface area (Å²) in [6.07, 6.45) is 5.88. The number of hydrogen-bond acceptors (Lipinski definition) is 11. The molecule has 4 heterocycles. The van der Waals surface area contributed by atoms with Crippen LogP contribution in [0.25, 0.3) is 10.8 Å². The number of ether oxygens (including phenoxy) is 2. The van der Waals surface area contributed by atoms with E-state index < -0.39 is 41.1 Å². The fourth-order valence-electron chi connectivity index (χ4n) is 10.9. The molecule has 0 saturated heterocycles. The van der Waals surface area contributed by atoms with E-state index in [-0.39, 0.29) is 41.6 Å². The lowest BCUT2D eigenvalue weighted by atomic mass is 9.58. The number of carbonyl (C=O) groups excluding carboxylic acids is 1. The Bertz CT molecular complexity index is 2610. The molecule has 8 N–H and O–H groups in total. The number of H-pyrrole nitrogens is 1. The van der Waals surface area contributed by atoms with Gasteiger partial charge in [-0.25, -0.2) is 4.98 Å². The minimum Gasteiger partial charge on any atom is -0.508 e. The molecule has 3 aliphatic rings. The maximum Gasteiger partial charge on any atom is 0.200 e. The number of aliphatic hydroxyl groups excluding tert-OH is 2. The number of nitrogens with zero attached hydrogens (tertiary/aromatic N) is 1. The van der Waals surface area contributed by atoms with E-state index in [1.165, 1.54) is 13.2 Å². The number of benzene rings is 4. The molecule has 2 aromatic heterocycles. The van der Waals surface area contributed by atoms with Crippen molar-refractivity contribution in [3.63, 3.8) is 0 Å². The highest BCUT2D eigenvalue weighted by atomic mass is 16.5. The van der Waals surface area contributed by atoms with Crippen LogP contribution in [0.3, 0.4) is 0 Å². The molecule has 12 nitrogen and oxygen atoms in total. The first kappa shape index (κ1) is 41.1. The van der Waals surface area contributed by atoms with Crippen LogP contribution in [0.15, 0.2) is 91.3 Å². The largest absolute Gasteiger partial charge is 0.508 e. The molecule has 322 valence electrons. The average Bonchev–Trinajstić information content (AvgIpc) is 3.91. The van der Waals surface area contributed by atoms with Crippen LogP contribution >= 0.6 is 0 Å². The van der Waals surface area contributed by atoms with Gasteiger partial charge < -0.3 is 50.4 Å². The lowest BCUT2D eigenvalue weighted by Gasteiger charge is -2.45. The number of phenols is 4. The summed E-state index contributed by atoms with van der Waals surface area (Å²) in [6.45, 7) is 0.510. The van der Waals surface area contributed by atoms with Crippen molar-refractivity contribution in [2.24, 2.45) is 11.8 Å². The molecular weight excluding hydrogens is 787 g/mol. The fraction of sp³-hybridized carbons (Fsp3) is 0.360. The van der Waals surface area contributed by atoms with Gasteiger partial charge in [-0.3, -0.25) is 4.79 Å². The molecule has 1 fully saturated rings. The van der Waals surface area contributed by atoms with E-state index in [1.807, 2.05) is 54.7 Å². The number of fused-ring (bicyclic) bond motifs is 7. The van der Waals surface area contributed by atoms with Crippen LogP contribution in [-0.2, 0) is 35.9 Å². The molecule has 0 radical (unpaired) electrons. The van der Waals surface area contributed by atoms with Gasteiger partial charge >= 0.3 is 0 Å². The van der Waals surface area contributed by atoms with Gasteiger partial charge in [0, 0.05) is 47.1 Å². The number of Topliss-reactive ketones (excluding diaryl/α,β-unsaturated/α-hetero) is 1. The second-order valence-electron chi connectivity index (χ2n) is 17.3. The number of hydrogen-bond donors (Lipinski definition) is 8. The molecular formula is C50H53N3O9. The third-order valence-corrected chi connectivity index (χ3v) is 13.9. The van der Waals surface area contributed by atoms with Crippen molar-refractivity contribution in [3.8, 4) is 34.5 Å². The fourth-order valence-corrected chi connectivity index (χ4v) is 10.9. The molecule has 0 amide bonds. The van der Waals surface area contributed by atoms with Gasteiger partial charge in [0.05, 0.1) is 31.8 Å². The molecule has 12 heteroatoms. The third kappa shape index (κ3) is 7.55. The first-order valence-corrected chi connectivity index (χ1v) is 21.6. The lowest BCUT2D eigenvalue weighted by molar-refractivity contribution is -0.132. The van der Waals surface area contributed by atoms with Crippen LogP contribution in [0.2, 0.25) is 0 Å². The molecule has 2 bridgehead atoms. The zero-order valence-electron chi connectivity index (χ0n) is 34.7. The number of pyridine rings is 1. The number of aromatic nitrogens is 2.